The van der Waals surface area contributed by atoms with Gasteiger partial charge in [0.15, 0.2) is 0 Å². The number of carbonyl (C=O) groups excluding carboxylic acids is 1. The van der Waals surface area contributed by atoms with E-state index in [0.29, 0.717) is 24.8 Å². The summed E-state index contributed by atoms with van der Waals surface area (Å²) in [5.74, 6) is 0.0425. The average molecular weight is 251 g/mol. The van der Waals surface area contributed by atoms with Gasteiger partial charge in [-0.2, -0.15) is 5.10 Å². The second kappa shape index (κ2) is 4.71. The number of alkyl halides is 1. The first kappa shape index (κ1) is 11.7. The minimum atomic E-state index is -0.328. The lowest BCUT2D eigenvalue weighted by Gasteiger charge is -2.37. The van der Waals surface area contributed by atoms with Crippen LogP contribution in [0.15, 0.2) is 12.3 Å². The third-order valence-corrected chi connectivity index (χ3v) is 4.02. The van der Waals surface area contributed by atoms with Crippen LogP contribution in [0.1, 0.15) is 42.2 Å². The molecule has 0 aromatic carbocycles. The van der Waals surface area contributed by atoms with Gasteiger partial charge in [0.05, 0.1) is 12.7 Å². The monoisotopic (exact) mass is 251 g/mol. The van der Waals surface area contributed by atoms with Crippen molar-refractivity contribution in [2.45, 2.75) is 31.7 Å². The number of likely N-dealkylation sites (tertiary alicyclic amines) is 1. The molecule has 0 bridgehead atoms. The Labute approximate surface area is 106 Å². The molecular weight excluding hydrogens is 233 g/mol. The van der Waals surface area contributed by atoms with Crippen molar-refractivity contribution in [2.75, 3.05) is 19.8 Å². The molecule has 0 radical (unpaired) electrons. The summed E-state index contributed by atoms with van der Waals surface area (Å²) in [5, 5.41) is 4.29. The predicted octanol–water partition coefficient (Wildman–Crippen LogP) is 2.04. The number of hydrogen-bond acceptors (Lipinski definition) is 2. The number of halogens is 1. The molecule has 98 valence electrons. The Balaban J connectivity index is 1.72. The zero-order valence-corrected chi connectivity index (χ0v) is 10.4. The summed E-state index contributed by atoms with van der Waals surface area (Å²) in [4.78, 5) is 14.0. The largest absolute Gasteiger partial charge is 0.336 e. The summed E-state index contributed by atoms with van der Waals surface area (Å²) >= 11 is 0. The van der Waals surface area contributed by atoms with Crippen LogP contribution in [-0.4, -0.2) is 40.4 Å². The molecule has 1 saturated carbocycles. The highest BCUT2D eigenvalue weighted by Gasteiger charge is 2.33. The molecule has 2 aliphatic rings. The zero-order valence-electron chi connectivity index (χ0n) is 10.4. The molecule has 0 unspecified atom stereocenters. The molecular formula is C13H18FN3O. The Morgan fingerprint density at radius 2 is 2.11 bits per heavy atom. The lowest BCUT2D eigenvalue weighted by molar-refractivity contribution is 0.0438. The standard InChI is InChI=1S/C13H18FN3O/c14-7-10-8-16(9-10)13(18)12-5-6-15-17(12)11-3-1-2-4-11/h5-6,10-11H,1-4,7-9H2. The fraction of sp³-hybridized carbons (Fsp3) is 0.692. The van der Waals surface area contributed by atoms with Crippen LogP contribution in [-0.2, 0) is 0 Å². The normalized spacial score (nSPS) is 21.3. The van der Waals surface area contributed by atoms with Gasteiger partial charge >= 0.3 is 0 Å². The fourth-order valence-corrected chi connectivity index (χ4v) is 2.92. The molecule has 4 nitrogen and oxygen atoms in total. The van der Waals surface area contributed by atoms with Crippen molar-refractivity contribution < 1.29 is 9.18 Å². The number of rotatable bonds is 3. The van der Waals surface area contributed by atoms with Crippen LogP contribution in [0.3, 0.4) is 0 Å². The molecule has 18 heavy (non-hydrogen) atoms. The van der Waals surface area contributed by atoms with Gasteiger partial charge in [-0.1, -0.05) is 12.8 Å². The first-order valence-corrected chi connectivity index (χ1v) is 6.68. The molecule has 2 heterocycles. The summed E-state index contributed by atoms with van der Waals surface area (Å²) in [7, 11) is 0. The van der Waals surface area contributed by atoms with Gasteiger partial charge in [-0.15, -0.1) is 0 Å². The van der Waals surface area contributed by atoms with Crippen molar-refractivity contribution in [3.63, 3.8) is 0 Å². The van der Waals surface area contributed by atoms with Crippen molar-refractivity contribution in [2.24, 2.45) is 5.92 Å². The molecule has 0 N–H and O–H groups in total. The van der Waals surface area contributed by atoms with Crippen LogP contribution in [0.4, 0.5) is 4.39 Å². The van der Waals surface area contributed by atoms with E-state index in [1.807, 2.05) is 4.68 Å². The lowest BCUT2D eigenvalue weighted by atomic mass is 10.0. The summed E-state index contributed by atoms with van der Waals surface area (Å²) in [5.41, 5.74) is 0.666. The van der Waals surface area contributed by atoms with Crippen LogP contribution in [0.2, 0.25) is 0 Å². The second-order valence-corrected chi connectivity index (χ2v) is 5.33. The number of amides is 1. The van der Waals surface area contributed by atoms with E-state index in [1.54, 1.807) is 17.2 Å². The van der Waals surface area contributed by atoms with Crippen LogP contribution < -0.4 is 0 Å². The van der Waals surface area contributed by atoms with Crippen molar-refractivity contribution >= 4 is 5.91 Å². The molecule has 5 heteroatoms. The van der Waals surface area contributed by atoms with Gasteiger partial charge in [0, 0.05) is 25.2 Å². The topological polar surface area (TPSA) is 38.1 Å². The van der Waals surface area contributed by atoms with E-state index in [1.165, 1.54) is 12.8 Å². The average Bonchev–Trinajstić information content (AvgIpc) is 2.98. The van der Waals surface area contributed by atoms with Gasteiger partial charge in [-0.05, 0) is 18.9 Å². The maximum atomic E-state index is 12.4. The molecule has 2 fully saturated rings. The maximum Gasteiger partial charge on any atom is 0.272 e. The second-order valence-electron chi connectivity index (χ2n) is 5.33. The quantitative estimate of drug-likeness (QED) is 0.824. The van der Waals surface area contributed by atoms with E-state index in [9.17, 15) is 9.18 Å². The number of carbonyl (C=O) groups is 1. The van der Waals surface area contributed by atoms with E-state index >= 15 is 0 Å². The number of hydrogen-bond donors (Lipinski definition) is 0. The summed E-state index contributed by atoms with van der Waals surface area (Å²) < 4.78 is 14.3. The Morgan fingerprint density at radius 3 is 2.78 bits per heavy atom. The molecule has 3 rings (SSSR count). The highest BCUT2D eigenvalue weighted by Crippen LogP contribution is 2.30. The fourth-order valence-electron chi connectivity index (χ4n) is 2.92. The Bertz CT molecular complexity index is 433. The molecule has 0 spiro atoms. The number of aromatic nitrogens is 2. The van der Waals surface area contributed by atoms with Crippen molar-refractivity contribution in [3.05, 3.63) is 18.0 Å². The smallest absolute Gasteiger partial charge is 0.272 e. The van der Waals surface area contributed by atoms with E-state index in [-0.39, 0.29) is 18.5 Å². The van der Waals surface area contributed by atoms with E-state index in [0.717, 1.165) is 12.8 Å². The molecule has 1 aromatic heterocycles. The molecule has 1 amide bonds. The lowest BCUT2D eigenvalue weighted by Crippen LogP contribution is -2.51. The van der Waals surface area contributed by atoms with Crippen LogP contribution in [0, 0.1) is 5.92 Å². The SMILES string of the molecule is O=C(c1ccnn1C1CCCC1)N1CC(CF)C1. The highest BCUT2D eigenvalue weighted by atomic mass is 19.1. The molecule has 1 aliphatic heterocycles. The summed E-state index contributed by atoms with van der Waals surface area (Å²) in [6, 6.07) is 2.15. The minimum absolute atomic E-state index is 0.00380. The highest BCUT2D eigenvalue weighted by molar-refractivity contribution is 5.93. The van der Waals surface area contributed by atoms with Gasteiger partial charge in [0.25, 0.3) is 5.91 Å². The Morgan fingerprint density at radius 1 is 1.39 bits per heavy atom. The zero-order chi connectivity index (χ0) is 12.5. The van der Waals surface area contributed by atoms with Gasteiger partial charge in [-0.25, -0.2) is 0 Å². The molecule has 1 saturated heterocycles. The van der Waals surface area contributed by atoms with Crippen molar-refractivity contribution in [3.8, 4) is 0 Å². The minimum Gasteiger partial charge on any atom is -0.336 e. The third-order valence-electron chi connectivity index (χ3n) is 4.02. The first-order valence-electron chi connectivity index (χ1n) is 6.68. The Kier molecular flexibility index (Phi) is 3.06. The van der Waals surface area contributed by atoms with E-state index < -0.39 is 0 Å². The summed E-state index contributed by atoms with van der Waals surface area (Å²) in [6.45, 7) is 0.766. The molecule has 1 aromatic rings. The van der Waals surface area contributed by atoms with E-state index in [4.69, 9.17) is 0 Å². The Hall–Kier alpha value is -1.39. The van der Waals surface area contributed by atoms with Gasteiger partial charge in [-0.3, -0.25) is 13.9 Å². The van der Waals surface area contributed by atoms with Crippen LogP contribution in [0.25, 0.3) is 0 Å². The third kappa shape index (κ3) is 1.91. The maximum absolute atomic E-state index is 12.4. The molecule has 1 aliphatic carbocycles. The van der Waals surface area contributed by atoms with E-state index in [2.05, 4.69) is 5.10 Å². The summed E-state index contributed by atoms with van der Waals surface area (Å²) in [6.07, 6.45) is 6.33. The predicted molar refractivity (Wildman–Crippen MR) is 65.1 cm³/mol. The van der Waals surface area contributed by atoms with Crippen LogP contribution >= 0.6 is 0 Å². The van der Waals surface area contributed by atoms with Gasteiger partial charge in [0.1, 0.15) is 5.69 Å². The van der Waals surface area contributed by atoms with Gasteiger partial charge < -0.3 is 4.90 Å². The first-order chi connectivity index (χ1) is 8.79. The van der Waals surface area contributed by atoms with Crippen molar-refractivity contribution in [1.82, 2.24) is 14.7 Å². The molecule has 0 atom stereocenters. The van der Waals surface area contributed by atoms with Gasteiger partial charge in [0.2, 0.25) is 0 Å². The number of nitrogens with zero attached hydrogens (tertiary/aromatic N) is 3. The van der Waals surface area contributed by atoms with Crippen molar-refractivity contribution in [1.29, 1.82) is 0 Å². The van der Waals surface area contributed by atoms with Crippen LogP contribution in [0.5, 0.6) is 0 Å².